The fourth-order valence-corrected chi connectivity index (χ4v) is 2.08. The van der Waals surface area contributed by atoms with Crippen molar-refractivity contribution in [3.63, 3.8) is 0 Å². The first kappa shape index (κ1) is 11.6. The molecule has 1 saturated heterocycles. The van der Waals surface area contributed by atoms with Gasteiger partial charge in [-0.2, -0.15) is 17.6 Å². The molecule has 0 saturated carbocycles. The highest BCUT2D eigenvalue weighted by Crippen LogP contribution is 2.41. The van der Waals surface area contributed by atoms with E-state index < -0.39 is 24.9 Å². The SMILES string of the molecule is FC1(F)CN(CC2C=CC=CC2)CC1(F)F. The Labute approximate surface area is 91.4 Å². The van der Waals surface area contributed by atoms with E-state index in [1.165, 1.54) is 0 Å². The van der Waals surface area contributed by atoms with Crippen molar-refractivity contribution in [2.75, 3.05) is 19.6 Å². The molecular formula is C11H13F4N. The Morgan fingerprint density at radius 3 is 2.19 bits per heavy atom. The lowest BCUT2D eigenvalue weighted by Gasteiger charge is -2.20. The van der Waals surface area contributed by atoms with E-state index in [1.807, 2.05) is 24.3 Å². The molecule has 0 aromatic carbocycles. The van der Waals surface area contributed by atoms with E-state index in [4.69, 9.17) is 0 Å². The summed E-state index contributed by atoms with van der Waals surface area (Å²) in [5.41, 5.74) is 0. The summed E-state index contributed by atoms with van der Waals surface area (Å²) in [5, 5.41) is 0. The number of halogens is 4. The summed E-state index contributed by atoms with van der Waals surface area (Å²) in [7, 11) is 0. The maximum Gasteiger partial charge on any atom is 0.323 e. The highest BCUT2D eigenvalue weighted by Gasteiger charge is 2.62. The Hall–Kier alpha value is -0.840. The molecule has 1 fully saturated rings. The first-order valence-electron chi connectivity index (χ1n) is 5.22. The number of rotatable bonds is 2. The van der Waals surface area contributed by atoms with Crippen molar-refractivity contribution in [3.05, 3.63) is 24.3 Å². The molecule has 0 radical (unpaired) electrons. The smallest absolute Gasteiger partial charge is 0.291 e. The monoisotopic (exact) mass is 235 g/mol. The van der Waals surface area contributed by atoms with Gasteiger partial charge in [0.15, 0.2) is 0 Å². The molecule has 1 heterocycles. The fourth-order valence-electron chi connectivity index (χ4n) is 2.08. The van der Waals surface area contributed by atoms with Gasteiger partial charge in [0.2, 0.25) is 0 Å². The third-order valence-electron chi connectivity index (χ3n) is 2.94. The number of likely N-dealkylation sites (tertiary alicyclic amines) is 1. The number of hydrogen-bond acceptors (Lipinski definition) is 1. The molecule has 1 nitrogen and oxygen atoms in total. The molecule has 0 amide bonds. The van der Waals surface area contributed by atoms with Gasteiger partial charge in [0.25, 0.3) is 0 Å². The molecule has 0 aromatic heterocycles. The molecule has 1 unspecified atom stereocenters. The van der Waals surface area contributed by atoms with Crippen LogP contribution in [0.4, 0.5) is 17.6 Å². The summed E-state index contributed by atoms with van der Waals surface area (Å²) in [6, 6.07) is 0. The van der Waals surface area contributed by atoms with Crippen molar-refractivity contribution in [1.82, 2.24) is 4.90 Å². The average Bonchev–Trinajstić information content (AvgIpc) is 2.36. The van der Waals surface area contributed by atoms with Gasteiger partial charge in [-0.15, -0.1) is 0 Å². The molecular weight excluding hydrogens is 222 g/mol. The van der Waals surface area contributed by atoms with Crippen molar-refractivity contribution in [2.45, 2.75) is 18.3 Å². The third-order valence-corrected chi connectivity index (χ3v) is 2.94. The van der Waals surface area contributed by atoms with Crippen LogP contribution in [0.3, 0.4) is 0 Å². The van der Waals surface area contributed by atoms with Crippen LogP contribution >= 0.6 is 0 Å². The minimum atomic E-state index is -3.89. The second-order valence-corrected chi connectivity index (χ2v) is 4.39. The summed E-state index contributed by atoms with van der Waals surface area (Å²) in [5.74, 6) is -7.71. The third kappa shape index (κ3) is 2.14. The Morgan fingerprint density at radius 2 is 1.69 bits per heavy atom. The van der Waals surface area contributed by atoms with E-state index in [0.717, 1.165) is 11.3 Å². The van der Waals surface area contributed by atoms with Crippen LogP contribution in [0.15, 0.2) is 24.3 Å². The van der Waals surface area contributed by atoms with E-state index >= 15 is 0 Å². The molecule has 1 aliphatic carbocycles. The minimum absolute atomic E-state index is 0.0645. The maximum atomic E-state index is 12.9. The van der Waals surface area contributed by atoms with Gasteiger partial charge in [0.05, 0.1) is 13.1 Å². The van der Waals surface area contributed by atoms with E-state index in [1.54, 1.807) is 0 Å². The van der Waals surface area contributed by atoms with Gasteiger partial charge in [0.1, 0.15) is 0 Å². The summed E-state index contributed by atoms with van der Waals surface area (Å²) in [4.78, 5) is 1.15. The first-order valence-corrected chi connectivity index (χ1v) is 5.22. The van der Waals surface area contributed by atoms with Gasteiger partial charge in [-0.3, -0.25) is 4.90 Å². The zero-order valence-corrected chi connectivity index (χ0v) is 8.67. The Bertz CT molecular complexity index is 306. The average molecular weight is 235 g/mol. The van der Waals surface area contributed by atoms with Crippen molar-refractivity contribution in [3.8, 4) is 0 Å². The van der Waals surface area contributed by atoms with Crippen molar-refractivity contribution >= 4 is 0 Å². The van der Waals surface area contributed by atoms with Crippen LogP contribution in [-0.2, 0) is 0 Å². The molecule has 0 spiro atoms. The largest absolute Gasteiger partial charge is 0.323 e. The normalized spacial score (nSPS) is 32.1. The zero-order valence-electron chi connectivity index (χ0n) is 8.67. The molecule has 0 bridgehead atoms. The lowest BCUT2D eigenvalue weighted by Crippen LogP contribution is -2.38. The minimum Gasteiger partial charge on any atom is -0.291 e. The van der Waals surface area contributed by atoms with E-state index in [9.17, 15) is 17.6 Å². The lowest BCUT2D eigenvalue weighted by molar-refractivity contribution is -0.172. The first-order chi connectivity index (χ1) is 7.41. The molecule has 2 rings (SSSR count). The summed E-state index contributed by atoms with van der Waals surface area (Å²) < 4.78 is 51.6. The van der Waals surface area contributed by atoms with Crippen LogP contribution in [0, 0.1) is 5.92 Å². The van der Waals surface area contributed by atoms with Crippen LogP contribution in [0.1, 0.15) is 6.42 Å². The highest BCUT2D eigenvalue weighted by atomic mass is 19.3. The standard InChI is InChI=1S/C11H13F4N/c12-10(13)7-16(8-11(10,14)15)6-9-4-2-1-3-5-9/h1-4,9H,5-8H2. The summed E-state index contributed by atoms with van der Waals surface area (Å²) >= 11 is 0. The molecule has 0 aromatic rings. The summed E-state index contributed by atoms with van der Waals surface area (Å²) in [6.07, 6.45) is 8.19. The predicted octanol–water partition coefficient (Wildman–Crippen LogP) is 2.70. The van der Waals surface area contributed by atoms with E-state index in [-0.39, 0.29) is 12.5 Å². The quantitative estimate of drug-likeness (QED) is 0.665. The lowest BCUT2D eigenvalue weighted by atomic mass is 10.0. The van der Waals surface area contributed by atoms with Crippen LogP contribution in [0.5, 0.6) is 0 Å². The molecule has 90 valence electrons. The zero-order chi connectivity index (χ0) is 11.8. The van der Waals surface area contributed by atoms with Crippen molar-refractivity contribution in [1.29, 1.82) is 0 Å². The van der Waals surface area contributed by atoms with E-state index in [0.29, 0.717) is 0 Å². The van der Waals surface area contributed by atoms with Gasteiger partial charge in [-0.1, -0.05) is 24.3 Å². The highest BCUT2D eigenvalue weighted by molar-refractivity contribution is 5.11. The molecule has 16 heavy (non-hydrogen) atoms. The van der Waals surface area contributed by atoms with Crippen LogP contribution < -0.4 is 0 Å². The Kier molecular flexibility index (Phi) is 2.82. The van der Waals surface area contributed by atoms with Crippen LogP contribution in [0.2, 0.25) is 0 Å². The maximum absolute atomic E-state index is 12.9. The predicted molar refractivity (Wildman–Crippen MR) is 52.7 cm³/mol. The van der Waals surface area contributed by atoms with Gasteiger partial charge in [-0.25, -0.2) is 0 Å². The number of allylic oxidation sites excluding steroid dienone is 3. The van der Waals surface area contributed by atoms with Gasteiger partial charge in [0, 0.05) is 6.54 Å². The van der Waals surface area contributed by atoms with Crippen molar-refractivity contribution < 1.29 is 17.6 Å². The molecule has 2 aliphatic rings. The number of hydrogen-bond donors (Lipinski definition) is 0. The van der Waals surface area contributed by atoms with Gasteiger partial charge >= 0.3 is 11.8 Å². The molecule has 5 heteroatoms. The number of alkyl halides is 4. The van der Waals surface area contributed by atoms with E-state index in [2.05, 4.69) is 0 Å². The fraction of sp³-hybridized carbons (Fsp3) is 0.636. The second-order valence-electron chi connectivity index (χ2n) is 4.39. The Balaban J connectivity index is 1.94. The van der Waals surface area contributed by atoms with Crippen LogP contribution in [0.25, 0.3) is 0 Å². The van der Waals surface area contributed by atoms with Gasteiger partial charge < -0.3 is 0 Å². The number of nitrogens with zero attached hydrogens (tertiary/aromatic N) is 1. The second kappa shape index (κ2) is 3.87. The van der Waals surface area contributed by atoms with Crippen molar-refractivity contribution in [2.24, 2.45) is 5.92 Å². The van der Waals surface area contributed by atoms with Crippen LogP contribution in [-0.4, -0.2) is 36.4 Å². The topological polar surface area (TPSA) is 3.24 Å². The summed E-state index contributed by atoms with van der Waals surface area (Å²) in [6.45, 7) is -1.41. The Morgan fingerprint density at radius 1 is 1.06 bits per heavy atom. The van der Waals surface area contributed by atoms with Gasteiger partial charge in [-0.05, 0) is 12.3 Å². The molecule has 0 N–H and O–H groups in total. The molecule has 1 aliphatic heterocycles. The molecule has 1 atom stereocenters.